The van der Waals surface area contributed by atoms with E-state index in [1.54, 1.807) is 18.2 Å². The Bertz CT molecular complexity index is 1060. The van der Waals surface area contributed by atoms with Gasteiger partial charge in [0.05, 0.1) is 5.56 Å². The average molecular weight is 362 g/mol. The van der Waals surface area contributed by atoms with E-state index in [-0.39, 0.29) is 10.8 Å². The summed E-state index contributed by atoms with van der Waals surface area (Å²) in [5.74, 6) is -0.0232. The molecule has 26 heavy (non-hydrogen) atoms. The Morgan fingerprint density at radius 1 is 0.769 bits per heavy atom. The third-order valence-corrected chi connectivity index (χ3v) is 5.23. The zero-order valence-electron chi connectivity index (χ0n) is 13.6. The van der Waals surface area contributed by atoms with Gasteiger partial charge < -0.3 is 4.84 Å². The fraction of sp³-hybridized carbons (Fsp3) is 0. The molecule has 0 saturated carbocycles. The Kier molecular flexibility index (Phi) is 4.10. The van der Waals surface area contributed by atoms with E-state index in [9.17, 15) is 8.42 Å². The van der Waals surface area contributed by atoms with Crippen molar-refractivity contribution in [2.75, 3.05) is 0 Å². The Balaban J connectivity index is 1.76. The average Bonchev–Trinajstić information content (AvgIpc) is 2.95. The van der Waals surface area contributed by atoms with E-state index in [4.69, 9.17) is 4.84 Å². The Morgan fingerprint density at radius 3 is 1.92 bits per heavy atom. The predicted octanol–water partition coefficient (Wildman–Crippen LogP) is 3.60. The molecule has 5 nitrogen and oxygen atoms in total. The number of oxime groups is 1. The molecule has 0 fully saturated rings. The fourth-order valence-corrected chi connectivity index (χ4v) is 3.83. The van der Waals surface area contributed by atoms with Gasteiger partial charge in [0.25, 0.3) is 15.9 Å². The summed E-state index contributed by atoms with van der Waals surface area (Å²) >= 11 is 0. The molecular formula is C20H14N2O3S. The zero-order chi connectivity index (χ0) is 18.0. The summed E-state index contributed by atoms with van der Waals surface area (Å²) in [5, 5.41) is 4.23. The molecule has 0 saturated heterocycles. The van der Waals surface area contributed by atoms with Crippen LogP contribution >= 0.6 is 0 Å². The van der Waals surface area contributed by atoms with Crippen LogP contribution in [-0.2, 0) is 14.9 Å². The first-order chi connectivity index (χ1) is 12.6. The van der Waals surface area contributed by atoms with E-state index >= 15 is 0 Å². The molecule has 1 aliphatic heterocycles. The predicted molar refractivity (Wildman–Crippen MR) is 99.8 cm³/mol. The lowest BCUT2D eigenvalue weighted by Gasteiger charge is -2.07. The summed E-state index contributed by atoms with van der Waals surface area (Å²) in [7, 11) is -3.74. The molecule has 0 aromatic heterocycles. The van der Waals surface area contributed by atoms with Crippen molar-refractivity contribution in [3.8, 4) is 0 Å². The molecule has 1 aliphatic rings. The van der Waals surface area contributed by atoms with Crippen LogP contribution in [0.15, 0.2) is 99.4 Å². The minimum atomic E-state index is -3.74. The molecule has 1 heterocycles. The number of sulfonamides is 1. The first-order valence-corrected chi connectivity index (χ1v) is 9.39. The van der Waals surface area contributed by atoms with Crippen molar-refractivity contribution in [1.29, 1.82) is 0 Å². The zero-order valence-corrected chi connectivity index (χ0v) is 14.4. The highest BCUT2D eigenvalue weighted by Gasteiger charge is 2.30. The van der Waals surface area contributed by atoms with Gasteiger partial charge in [-0.15, -0.1) is 4.40 Å². The van der Waals surface area contributed by atoms with Gasteiger partial charge in [-0.05, 0) is 12.1 Å². The van der Waals surface area contributed by atoms with Crippen LogP contribution in [0, 0.1) is 0 Å². The highest BCUT2D eigenvalue weighted by atomic mass is 32.2. The molecule has 3 aromatic rings. The van der Waals surface area contributed by atoms with Crippen LogP contribution in [0.1, 0.15) is 16.7 Å². The maximum atomic E-state index is 12.1. The molecule has 0 spiro atoms. The normalized spacial score (nSPS) is 14.2. The smallest absolute Gasteiger partial charge is 0.286 e. The van der Waals surface area contributed by atoms with Gasteiger partial charge in [-0.3, -0.25) is 0 Å². The van der Waals surface area contributed by atoms with E-state index in [0.717, 1.165) is 11.1 Å². The first kappa shape index (κ1) is 16.2. The molecule has 3 aromatic carbocycles. The summed E-state index contributed by atoms with van der Waals surface area (Å²) in [6.45, 7) is 0. The van der Waals surface area contributed by atoms with Crippen LogP contribution < -0.4 is 0 Å². The van der Waals surface area contributed by atoms with Gasteiger partial charge in [0.15, 0.2) is 0 Å². The van der Waals surface area contributed by atoms with E-state index in [1.165, 1.54) is 6.07 Å². The third-order valence-electron chi connectivity index (χ3n) is 3.92. The number of rotatable bonds is 3. The lowest BCUT2D eigenvalue weighted by Crippen LogP contribution is -2.07. The van der Waals surface area contributed by atoms with Crippen LogP contribution in [0.4, 0.5) is 0 Å². The van der Waals surface area contributed by atoms with Crippen LogP contribution in [0.2, 0.25) is 0 Å². The minimum Gasteiger partial charge on any atom is -0.334 e. The molecule has 0 aliphatic carbocycles. The molecule has 0 atom stereocenters. The van der Waals surface area contributed by atoms with Gasteiger partial charge in [0, 0.05) is 11.1 Å². The number of fused-ring (bicyclic) bond motifs is 1. The monoisotopic (exact) mass is 362 g/mol. The number of nitrogens with zero attached hydrogens (tertiary/aromatic N) is 2. The maximum absolute atomic E-state index is 12.1. The van der Waals surface area contributed by atoms with E-state index in [1.807, 2.05) is 60.7 Å². The second-order valence-electron chi connectivity index (χ2n) is 5.63. The maximum Gasteiger partial charge on any atom is 0.286 e. The summed E-state index contributed by atoms with van der Waals surface area (Å²) in [5.41, 5.74) is 2.72. The Labute approximate surface area is 151 Å². The first-order valence-electron chi connectivity index (χ1n) is 7.95. The molecular weight excluding hydrogens is 348 g/mol. The summed E-state index contributed by atoms with van der Waals surface area (Å²) < 4.78 is 28.0. The SMILES string of the molecule is O=S1(=O)N=C(ON=C(c2ccccc2)c2ccccc2)c2ccccc21. The highest BCUT2D eigenvalue weighted by molar-refractivity contribution is 7.90. The van der Waals surface area contributed by atoms with E-state index < -0.39 is 10.0 Å². The van der Waals surface area contributed by atoms with Gasteiger partial charge >= 0.3 is 0 Å². The van der Waals surface area contributed by atoms with Gasteiger partial charge in [0.1, 0.15) is 10.6 Å². The van der Waals surface area contributed by atoms with Gasteiger partial charge in [-0.25, -0.2) is 0 Å². The second kappa shape index (κ2) is 6.57. The topological polar surface area (TPSA) is 68.1 Å². The quantitative estimate of drug-likeness (QED) is 0.528. The number of hydrogen-bond acceptors (Lipinski definition) is 4. The molecule has 0 amide bonds. The van der Waals surface area contributed by atoms with E-state index in [0.29, 0.717) is 11.3 Å². The Morgan fingerprint density at radius 2 is 1.31 bits per heavy atom. The molecule has 0 bridgehead atoms. The van der Waals surface area contributed by atoms with Crippen molar-refractivity contribution in [2.45, 2.75) is 4.90 Å². The highest BCUT2D eigenvalue weighted by Crippen LogP contribution is 2.26. The van der Waals surface area contributed by atoms with Crippen molar-refractivity contribution in [2.24, 2.45) is 9.55 Å². The van der Waals surface area contributed by atoms with Crippen molar-refractivity contribution < 1.29 is 13.3 Å². The van der Waals surface area contributed by atoms with Crippen molar-refractivity contribution in [1.82, 2.24) is 0 Å². The summed E-state index contributed by atoms with van der Waals surface area (Å²) in [6, 6.07) is 25.6. The molecule has 6 heteroatoms. The van der Waals surface area contributed by atoms with Crippen LogP contribution in [0.3, 0.4) is 0 Å². The van der Waals surface area contributed by atoms with E-state index in [2.05, 4.69) is 9.55 Å². The van der Waals surface area contributed by atoms with Crippen molar-refractivity contribution >= 4 is 21.6 Å². The summed E-state index contributed by atoms with van der Waals surface area (Å²) in [4.78, 5) is 5.63. The van der Waals surface area contributed by atoms with Crippen molar-refractivity contribution in [3.63, 3.8) is 0 Å². The largest absolute Gasteiger partial charge is 0.334 e. The molecule has 128 valence electrons. The number of benzene rings is 3. The van der Waals surface area contributed by atoms with Gasteiger partial charge in [-0.1, -0.05) is 78.0 Å². The number of hydrogen-bond donors (Lipinski definition) is 0. The molecule has 0 unspecified atom stereocenters. The lowest BCUT2D eigenvalue weighted by atomic mass is 10.0. The van der Waals surface area contributed by atoms with Gasteiger partial charge in [0.2, 0.25) is 0 Å². The standard InChI is InChI=1S/C20H14N2O3S/c23-26(24)18-14-8-7-13-17(18)20(22-26)25-21-19(15-9-3-1-4-10-15)16-11-5-2-6-12-16/h1-14H. The minimum absolute atomic E-state index is 0.0232. The van der Waals surface area contributed by atoms with Crippen molar-refractivity contribution in [3.05, 3.63) is 102 Å². The fourth-order valence-electron chi connectivity index (χ4n) is 2.69. The Hall–Kier alpha value is -3.25. The molecule has 4 rings (SSSR count). The van der Waals surface area contributed by atoms with Crippen LogP contribution in [-0.4, -0.2) is 20.0 Å². The van der Waals surface area contributed by atoms with Gasteiger partial charge in [-0.2, -0.15) is 8.42 Å². The molecule has 0 radical (unpaired) electrons. The third kappa shape index (κ3) is 3.02. The molecule has 0 N–H and O–H groups in total. The van der Waals surface area contributed by atoms with Crippen LogP contribution in [0.25, 0.3) is 0 Å². The summed E-state index contributed by atoms with van der Waals surface area (Å²) in [6.07, 6.45) is 0. The van der Waals surface area contributed by atoms with Crippen LogP contribution in [0.5, 0.6) is 0 Å². The second-order valence-corrected chi connectivity index (χ2v) is 7.20. The lowest BCUT2D eigenvalue weighted by molar-refractivity contribution is 0.331.